The van der Waals surface area contributed by atoms with Crippen LogP contribution >= 0.6 is 11.3 Å². The predicted molar refractivity (Wildman–Crippen MR) is 131 cm³/mol. The van der Waals surface area contributed by atoms with Gasteiger partial charge in [0.25, 0.3) is 5.91 Å². The maximum absolute atomic E-state index is 14.4. The zero-order chi connectivity index (χ0) is 23.5. The summed E-state index contributed by atoms with van der Waals surface area (Å²) in [5.74, 6) is -0.709. The van der Waals surface area contributed by atoms with Gasteiger partial charge in [-0.15, -0.1) is 11.3 Å². The monoisotopic (exact) mass is 484 g/mol. The minimum Gasteiger partial charge on any atom is -0.323 e. The van der Waals surface area contributed by atoms with Gasteiger partial charge in [0, 0.05) is 29.3 Å². The summed E-state index contributed by atoms with van der Waals surface area (Å²) in [6.45, 7) is 6.09. The van der Waals surface area contributed by atoms with Gasteiger partial charge < -0.3 is 5.32 Å². The van der Waals surface area contributed by atoms with E-state index < -0.39 is 11.6 Å². The van der Waals surface area contributed by atoms with Crippen LogP contribution in [0.1, 0.15) is 47.4 Å². The Morgan fingerprint density at radius 1 is 0.912 bits per heavy atom. The third-order valence-electron chi connectivity index (χ3n) is 7.61. The first-order chi connectivity index (χ1) is 16.5. The first-order valence-corrected chi connectivity index (χ1v) is 13.2. The van der Waals surface area contributed by atoms with E-state index in [1.807, 2.05) is 11.3 Å². The van der Waals surface area contributed by atoms with E-state index in [0.717, 1.165) is 39.0 Å². The molecule has 0 aliphatic carbocycles. The van der Waals surface area contributed by atoms with Crippen molar-refractivity contribution in [1.82, 2.24) is 20.4 Å². The third-order valence-corrected chi connectivity index (χ3v) is 8.66. The number of thiophene rings is 1. The van der Waals surface area contributed by atoms with E-state index in [0.29, 0.717) is 5.56 Å². The minimum absolute atomic E-state index is 0.0344. The average molecular weight is 485 g/mol. The van der Waals surface area contributed by atoms with Crippen molar-refractivity contribution >= 4 is 23.3 Å². The number of hydrogen-bond donors (Lipinski definition) is 2. The van der Waals surface area contributed by atoms with Crippen LogP contribution in [0.5, 0.6) is 0 Å². The number of carbonyl (C=O) groups excluding carboxylic acids is 2. The Labute approximate surface area is 204 Å². The fourth-order valence-electron chi connectivity index (χ4n) is 5.74. The molecule has 1 aromatic heterocycles. The number of urea groups is 1. The van der Waals surface area contributed by atoms with E-state index in [1.165, 1.54) is 48.2 Å². The van der Waals surface area contributed by atoms with Crippen molar-refractivity contribution in [2.24, 2.45) is 5.92 Å². The van der Waals surface area contributed by atoms with Crippen LogP contribution in [0.4, 0.5) is 9.18 Å². The molecule has 1 aromatic carbocycles. The van der Waals surface area contributed by atoms with Crippen LogP contribution in [-0.4, -0.2) is 53.5 Å². The molecule has 0 bridgehead atoms. The van der Waals surface area contributed by atoms with Crippen LogP contribution in [0.2, 0.25) is 0 Å². The number of carbonyl (C=O) groups is 2. The molecule has 3 amide bonds. The highest BCUT2D eigenvalue weighted by molar-refractivity contribution is 7.11. The summed E-state index contributed by atoms with van der Waals surface area (Å²) in [6.07, 6.45) is 5.72. The zero-order valence-corrected chi connectivity index (χ0v) is 20.3. The second-order valence-corrected chi connectivity index (χ2v) is 11.2. The Morgan fingerprint density at radius 2 is 1.56 bits per heavy atom. The molecule has 182 valence electrons. The molecule has 5 rings (SSSR count). The lowest BCUT2D eigenvalue weighted by Gasteiger charge is -2.40. The van der Waals surface area contributed by atoms with E-state index in [2.05, 4.69) is 32.6 Å². The molecule has 34 heavy (non-hydrogen) atoms. The van der Waals surface area contributed by atoms with E-state index in [1.54, 1.807) is 18.2 Å². The SMILES string of the molecule is O=C1NC(=O)[C@](Cc2ccccc2F)(C2CCN(Cc3ccc(CN4CCCCC4)s3)CC2)N1. The van der Waals surface area contributed by atoms with Crippen LogP contribution in [0.25, 0.3) is 0 Å². The number of hydrogen-bond acceptors (Lipinski definition) is 5. The third kappa shape index (κ3) is 5.04. The standard InChI is InChI=1S/C26H33FN4O2S/c27-23-7-3-2-6-19(23)16-26(24(32)28-25(33)29-26)20-10-14-31(15-11-20)18-22-9-8-21(34-22)17-30-12-4-1-5-13-30/h2-3,6-9,20H,1,4-5,10-18H2,(H2,28,29,32,33)/t26-/m0/s1. The van der Waals surface area contributed by atoms with Crippen molar-refractivity contribution in [3.8, 4) is 0 Å². The largest absolute Gasteiger partial charge is 0.323 e. The number of amides is 3. The molecule has 0 unspecified atom stereocenters. The zero-order valence-electron chi connectivity index (χ0n) is 19.5. The molecular formula is C26H33FN4O2S. The molecule has 3 saturated heterocycles. The summed E-state index contributed by atoms with van der Waals surface area (Å²) in [5.41, 5.74) is -0.627. The Morgan fingerprint density at radius 3 is 2.18 bits per heavy atom. The first-order valence-electron chi connectivity index (χ1n) is 12.4. The van der Waals surface area contributed by atoms with Crippen molar-refractivity contribution < 1.29 is 14.0 Å². The highest BCUT2D eigenvalue weighted by Crippen LogP contribution is 2.35. The Bertz CT molecular complexity index is 1030. The number of nitrogens with one attached hydrogen (secondary N) is 2. The fourth-order valence-corrected chi connectivity index (χ4v) is 6.84. The van der Waals surface area contributed by atoms with Gasteiger partial charge >= 0.3 is 6.03 Å². The molecule has 1 atom stereocenters. The van der Waals surface area contributed by atoms with E-state index in [9.17, 15) is 14.0 Å². The Kier molecular flexibility index (Phi) is 6.99. The van der Waals surface area contributed by atoms with Crippen molar-refractivity contribution in [2.75, 3.05) is 26.2 Å². The van der Waals surface area contributed by atoms with Crippen molar-refractivity contribution in [1.29, 1.82) is 0 Å². The molecule has 3 fully saturated rings. The number of imide groups is 1. The smallest absolute Gasteiger partial charge is 0.322 e. The van der Waals surface area contributed by atoms with Gasteiger partial charge in [-0.2, -0.15) is 0 Å². The predicted octanol–water partition coefficient (Wildman–Crippen LogP) is 3.91. The number of nitrogens with zero attached hydrogens (tertiary/aromatic N) is 2. The Balaban J connectivity index is 1.21. The van der Waals surface area contributed by atoms with Crippen molar-refractivity contribution in [3.05, 3.63) is 57.5 Å². The molecule has 0 spiro atoms. The summed E-state index contributed by atoms with van der Waals surface area (Å²) in [7, 11) is 0. The summed E-state index contributed by atoms with van der Waals surface area (Å²) in [5, 5.41) is 5.29. The lowest BCUT2D eigenvalue weighted by molar-refractivity contribution is -0.126. The summed E-state index contributed by atoms with van der Waals surface area (Å²) in [6, 6.07) is 10.5. The van der Waals surface area contributed by atoms with Crippen LogP contribution in [0, 0.1) is 11.7 Å². The lowest BCUT2D eigenvalue weighted by Crippen LogP contribution is -2.57. The van der Waals surface area contributed by atoms with Crippen LogP contribution in [0.15, 0.2) is 36.4 Å². The Hall–Kier alpha value is -2.29. The summed E-state index contributed by atoms with van der Waals surface area (Å²) >= 11 is 1.90. The normalized spacial score (nSPS) is 24.9. The van der Waals surface area contributed by atoms with Crippen LogP contribution in [0.3, 0.4) is 0 Å². The van der Waals surface area contributed by atoms with Crippen molar-refractivity contribution in [2.45, 2.75) is 57.2 Å². The molecule has 3 aliphatic rings. The van der Waals surface area contributed by atoms with E-state index in [4.69, 9.17) is 0 Å². The molecule has 4 heterocycles. The number of likely N-dealkylation sites (tertiary alicyclic amines) is 2. The number of rotatable bonds is 7. The molecular weight excluding hydrogens is 451 g/mol. The number of piperidine rings is 2. The highest BCUT2D eigenvalue weighted by atomic mass is 32.1. The molecule has 6 nitrogen and oxygen atoms in total. The van der Waals surface area contributed by atoms with Gasteiger partial charge in [-0.05, 0) is 81.5 Å². The molecule has 8 heteroatoms. The van der Waals surface area contributed by atoms with Gasteiger partial charge in [-0.3, -0.25) is 19.9 Å². The van der Waals surface area contributed by atoms with Gasteiger partial charge in [-0.25, -0.2) is 9.18 Å². The average Bonchev–Trinajstić information content (AvgIpc) is 3.39. The summed E-state index contributed by atoms with van der Waals surface area (Å²) in [4.78, 5) is 32.8. The van der Waals surface area contributed by atoms with E-state index >= 15 is 0 Å². The van der Waals surface area contributed by atoms with Gasteiger partial charge in [-0.1, -0.05) is 24.6 Å². The topological polar surface area (TPSA) is 64.7 Å². The van der Waals surface area contributed by atoms with Crippen LogP contribution in [-0.2, 0) is 24.3 Å². The molecule has 0 radical (unpaired) electrons. The minimum atomic E-state index is -1.09. The maximum Gasteiger partial charge on any atom is 0.322 e. The first kappa shape index (κ1) is 23.5. The number of benzene rings is 1. The van der Waals surface area contributed by atoms with E-state index in [-0.39, 0.29) is 24.1 Å². The van der Waals surface area contributed by atoms with Gasteiger partial charge in [0.15, 0.2) is 0 Å². The lowest BCUT2D eigenvalue weighted by atomic mass is 9.74. The maximum atomic E-state index is 14.4. The molecule has 2 N–H and O–H groups in total. The van der Waals surface area contributed by atoms with Crippen LogP contribution < -0.4 is 10.6 Å². The van der Waals surface area contributed by atoms with Gasteiger partial charge in [0.05, 0.1) is 0 Å². The van der Waals surface area contributed by atoms with Crippen molar-refractivity contribution in [3.63, 3.8) is 0 Å². The second kappa shape index (κ2) is 10.1. The summed E-state index contributed by atoms with van der Waals surface area (Å²) < 4.78 is 14.4. The quantitative estimate of drug-likeness (QED) is 0.585. The van der Waals surface area contributed by atoms with Gasteiger partial charge in [0.1, 0.15) is 11.4 Å². The molecule has 2 aromatic rings. The fraction of sp³-hybridized carbons (Fsp3) is 0.538. The molecule has 0 saturated carbocycles. The van der Waals surface area contributed by atoms with Gasteiger partial charge in [0.2, 0.25) is 0 Å². The number of halogens is 1. The molecule has 3 aliphatic heterocycles. The second-order valence-electron chi connectivity index (χ2n) is 9.90. The highest BCUT2D eigenvalue weighted by Gasteiger charge is 2.52.